The van der Waals surface area contributed by atoms with Gasteiger partial charge in [0.05, 0.1) is 52.5 Å². The fourth-order valence-electron chi connectivity index (χ4n) is 14.2. The normalized spacial score (nSPS) is 27.0. The van der Waals surface area contributed by atoms with Crippen LogP contribution in [0.1, 0.15) is 125 Å². The number of amides is 1. The summed E-state index contributed by atoms with van der Waals surface area (Å²) in [6, 6.07) is 23.5. The number of nitro groups is 1. The number of ether oxygens (including phenoxy) is 3. The Morgan fingerprint density at radius 1 is 0.897 bits per heavy atom. The molecule has 3 aromatic carbocycles. The number of nitrogens with one attached hydrogen (secondary N) is 3. The first kappa shape index (κ1) is 52.8. The molecule has 6 fully saturated rings. The van der Waals surface area contributed by atoms with Crippen LogP contribution in [0.15, 0.2) is 83.9 Å². The molecule has 78 heavy (non-hydrogen) atoms. The summed E-state index contributed by atoms with van der Waals surface area (Å²) in [4.78, 5) is 44.3. The number of carbonyl (C=O) groups excluding carboxylic acids is 1. The molecule has 4 atom stereocenters. The average molecular weight is 1090 g/mol. The Kier molecular flexibility index (Phi) is 14.5. The van der Waals surface area contributed by atoms with Crippen molar-refractivity contribution in [2.75, 3.05) is 80.8 Å². The molecule has 7 aliphatic rings. The van der Waals surface area contributed by atoms with E-state index in [1.807, 2.05) is 37.4 Å². The molecule has 1 amide bonds. The number of carbonyl (C=O) groups is 1. The number of hydrogen-bond acceptors (Lipinski definition) is 15. The minimum atomic E-state index is -4.63. The lowest BCUT2D eigenvalue weighted by Gasteiger charge is -2.59. The number of aromatic amines is 1. The third-order valence-electron chi connectivity index (χ3n) is 18.7. The molecule has 18 nitrogen and oxygen atoms in total. The van der Waals surface area contributed by atoms with E-state index in [0.29, 0.717) is 86.0 Å². The predicted molar refractivity (Wildman–Crippen MR) is 299 cm³/mol. The van der Waals surface area contributed by atoms with Gasteiger partial charge in [0, 0.05) is 87.3 Å². The molecule has 12 rings (SSSR count). The second-order valence-electron chi connectivity index (χ2n) is 24.0. The van der Waals surface area contributed by atoms with Crippen LogP contribution in [0.5, 0.6) is 5.88 Å². The Morgan fingerprint density at radius 3 is 2.45 bits per heavy atom. The zero-order chi connectivity index (χ0) is 53.9. The van der Waals surface area contributed by atoms with Crippen LogP contribution in [-0.2, 0) is 19.5 Å². The number of anilines is 4. The Bertz CT molecular complexity index is 3140. The third-order valence-corrected chi connectivity index (χ3v) is 20.0. The largest absolute Gasteiger partial charge is 0.468 e. The molecule has 7 heterocycles. The Labute approximate surface area is 457 Å². The molecule has 416 valence electrons. The number of benzene rings is 3. The Morgan fingerprint density at radius 2 is 1.68 bits per heavy atom. The van der Waals surface area contributed by atoms with Crippen molar-refractivity contribution in [3.8, 4) is 5.88 Å². The van der Waals surface area contributed by atoms with E-state index in [4.69, 9.17) is 19.2 Å². The van der Waals surface area contributed by atoms with Gasteiger partial charge in [0.15, 0.2) is 0 Å². The van der Waals surface area contributed by atoms with Crippen molar-refractivity contribution >= 4 is 55.4 Å². The fraction of sp³-hybridized carbons (Fsp3) is 0.559. The number of aliphatic hydroxyl groups is 1. The summed E-state index contributed by atoms with van der Waals surface area (Å²) in [5.74, 6) is 0.147. The zero-order valence-corrected chi connectivity index (χ0v) is 46.0. The number of rotatable bonds is 13. The van der Waals surface area contributed by atoms with Gasteiger partial charge in [0.25, 0.3) is 21.6 Å². The summed E-state index contributed by atoms with van der Waals surface area (Å²) >= 11 is 0. The van der Waals surface area contributed by atoms with Gasteiger partial charge in [-0.05, 0) is 148 Å². The summed E-state index contributed by atoms with van der Waals surface area (Å²) in [5.41, 5.74) is 5.08. The molecule has 0 bridgehead atoms. The lowest BCUT2D eigenvalue weighted by Crippen LogP contribution is -2.60. The fourth-order valence-corrected chi connectivity index (χ4v) is 15.1. The summed E-state index contributed by atoms with van der Waals surface area (Å²) in [6.07, 6.45) is 11.5. The topological polar surface area (TPSA) is 208 Å². The lowest BCUT2D eigenvalue weighted by atomic mass is 9.59. The number of morpholine rings is 1. The molecule has 4 N–H and O–H groups in total. The van der Waals surface area contributed by atoms with Crippen molar-refractivity contribution in [3.05, 3.63) is 106 Å². The zero-order valence-electron chi connectivity index (χ0n) is 45.2. The number of likely N-dealkylation sites (tertiary alicyclic amines) is 1. The molecule has 5 aliphatic heterocycles. The predicted octanol–water partition coefficient (Wildman–Crippen LogP) is 9.04. The molecule has 2 saturated carbocycles. The summed E-state index contributed by atoms with van der Waals surface area (Å²) in [5, 5.41) is 26.9. The highest BCUT2D eigenvalue weighted by molar-refractivity contribution is 7.90. The molecule has 5 aromatic rings. The van der Waals surface area contributed by atoms with Crippen molar-refractivity contribution in [2.24, 2.45) is 11.3 Å². The van der Waals surface area contributed by atoms with Crippen molar-refractivity contribution < 1.29 is 37.5 Å². The first-order valence-corrected chi connectivity index (χ1v) is 30.0. The van der Waals surface area contributed by atoms with Crippen LogP contribution in [0.4, 0.5) is 28.4 Å². The molecular formula is C59H75N9O9S. The molecule has 19 heteroatoms. The quantitative estimate of drug-likeness (QED) is 0.0641. The van der Waals surface area contributed by atoms with Gasteiger partial charge in [0.2, 0.25) is 5.88 Å². The molecule has 2 aromatic heterocycles. The van der Waals surface area contributed by atoms with Gasteiger partial charge in [-0.15, -0.1) is 0 Å². The first-order chi connectivity index (χ1) is 37.6. The maximum absolute atomic E-state index is 14.8. The molecular weight excluding hydrogens is 1010 g/mol. The molecule has 0 unspecified atom stereocenters. The highest BCUT2D eigenvalue weighted by atomic mass is 32.2. The molecule has 1 spiro atoms. The average Bonchev–Trinajstić information content (AvgIpc) is 4.02. The van der Waals surface area contributed by atoms with Crippen LogP contribution in [0.25, 0.3) is 11.0 Å². The van der Waals surface area contributed by atoms with Crippen LogP contribution in [0.3, 0.4) is 0 Å². The molecule has 2 aliphatic carbocycles. The second kappa shape index (κ2) is 21.3. The first-order valence-electron chi connectivity index (χ1n) is 28.5. The number of aromatic nitrogens is 2. The standard InChI is InChI=1S/C59H75N9O9S/c1-38(2)45-6-4-5-7-46(45)49-13-9-42(65-25-28-75-29-26-65)36-66(49)43-33-59(34-43)20-23-64(24-21-59)41-8-11-47(51(31-41)67-50-17-27-76-37-54(50)77-57-53(67)30-40-16-22-60-55(40)62-57)56(69)63-78(73,74)44-10-12-48(52(32-44)68(71)72)61-35-39-14-18-58(3,70)19-15-39/h4-8,10-12,16,22,30-32,38-39,42-43,49-50,54,61,70H,9,13-15,17-21,23-29,33-37H2,1-3H3,(H,60,62)(H,63,69)/t39?,42-,49-,50+,54+,58?/m1/s1. The number of piperidine rings is 2. The van der Waals surface area contributed by atoms with E-state index in [2.05, 4.69) is 72.7 Å². The summed E-state index contributed by atoms with van der Waals surface area (Å²) < 4.78 is 49.1. The monoisotopic (exact) mass is 1090 g/mol. The van der Waals surface area contributed by atoms with Crippen LogP contribution in [0.2, 0.25) is 0 Å². The highest BCUT2D eigenvalue weighted by Gasteiger charge is 2.51. The van der Waals surface area contributed by atoms with Gasteiger partial charge in [-0.25, -0.2) is 13.1 Å². The van der Waals surface area contributed by atoms with Gasteiger partial charge >= 0.3 is 0 Å². The van der Waals surface area contributed by atoms with E-state index in [1.165, 1.54) is 42.5 Å². The van der Waals surface area contributed by atoms with E-state index in [1.54, 1.807) is 6.07 Å². The minimum Gasteiger partial charge on any atom is -0.468 e. The number of hydrogen-bond donors (Lipinski definition) is 4. The lowest BCUT2D eigenvalue weighted by molar-refractivity contribution is -0.384. The van der Waals surface area contributed by atoms with Crippen LogP contribution < -0.4 is 24.6 Å². The maximum Gasteiger partial charge on any atom is 0.293 e. The van der Waals surface area contributed by atoms with Crippen molar-refractivity contribution in [2.45, 2.75) is 138 Å². The van der Waals surface area contributed by atoms with Crippen molar-refractivity contribution in [1.29, 1.82) is 0 Å². The SMILES string of the molecule is CC(C)c1ccccc1[C@H]1CC[C@@H](N2CCOCC2)CN1C1CC2(CCN(c3ccc(C(=O)NS(=O)(=O)c4ccc(NCC5CCC(C)(O)CC5)c([N+](=O)[O-])c4)c(N4c5cc6cc[nH]c6nc5O[C@H]5COCC[C@@H]54)c3)CC2)C1. The van der Waals surface area contributed by atoms with Crippen LogP contribution >= 0.6 is 0 Å². The highest BCUT2D eigenvalue weighted by Crippen LogP contribution is 2.55. The number of H-pyrrole nitrogens is 1. The minimum absolute atomic E-state index is 0.120. The number of sulfonamides is 1. The van der Waals surface area contributed by atoms with E-state index >= 15 is 0 Å². The van der Waals surface area contributed by atoms with Gasteiger partial charge in [0.1, 0.15) is 23.1 Å². The number of pyridine rings is 1. The third kappa shape index (κ3) is 10.5. The van der Waals surface area contributed by atoms with Crippen molar-refractivity contribution in [1.82, 2.24) is 24.5 Å². The van der Waals surface area contributed by atoms with Gasteiger partial charge in [-0.1, -0.05) is 38.1 Å². The number of fused-ring (bicyclic) bond motifs is 3. The van der Waals surface area contributed by atoms with E-state index in [-0.39, 0.29) is 28.6 Å². The van der Waals surface area contributed by atoms with Gasteiger partial charge in [-0.2, -0.15) is 4.98 Å². The van der Waals surface area contributed by atoms with E-state index in [9.17, 15) is 28.4 Å². The smallest absolute Gasteiger partial charge is 0.293 e. The maximum atomic E-state index is 14.8. The van der Waals surface area contributed by atoms with E-state index in [0.717, 1.165) is 95.2 Å². The summed E-state index contributed by atoms with van der Waals surface area (Å²) in [7, 11) is -4.63. The second-order valence-corrected chi connectivity index (χ2v) is 25.7. The van der Waals surface area contributed by atoms with E-state index < -0.39 is 43.1 Å². The Balaban J connectivity index is 0.813. The summed E-state index contributed by atoms with van der Waals surface area (Å²) in [6.45, 7) is 14.0. The van der Waals surface area contributed by atoms with Crippen LogP contribution in [-0.4, -0.2) is 140 Å². The number of nitro benzene ring substituents is 1. The van der Waals surface area contributed by atoms with Crippen LogP contribution in [0, 0.1) is 21.4 Å². The Hall–Kier alpha value is -5.83. The van der Waals surface area contributed by atoms with Crippen molar-refractivity contribution in [3.63, 3.8) is 0 Å². The number of nitrogens with zero attached hydrogens (tertiary/aromatic N) is 6. The molecule has 0 radical (unpaired) electrons. The molecule has 4 saturated heterocycles. The van der Waals surface area contributed by atoms with Gasteiger partial charge in [-0.3, -0.25) is 24.7 Å². The van der Waals surface area contributed by atoms with Gasteiger partial charge < -0.3 is 39.4 Å².